The van der Waals surface area contributed by atoms with Gasteiger partial charge in [-0.05, 0) is 54.7 Å². The molecule has 38 heavy (non-hydrogen) atoms. The fourth-order valence-corrected chi connectivity index (χ4v) is 4.47. The highest BCUT2D eigenvalue weighted by molar-refractivity contribution is 7.92. The molecule has 0 aliphatic rings. The molecule has 0 saturated heterocycles. The van der Waals surface area contributed by atoms with Crippen LogP contribution in [0, 0.1) is 0 Å². The fraction of sp³-hybridized carbons (Fsp3) is 0.357. The van der Waals surface area contributed by atoms with Crippen molar-refractivity contribution in [3.05, 3.63) is 85.7 Å². The molecule has 0 aliphatic carbocycles. The number of ether oxygens (including phenoxy) is 2. The number of rotatable bonds is 9. The van der Waals surface area contributed by atoms with Gasteiger partial charge in [-0.25, -0.2) is 13.2 Å². The molecule has 1 heterocycles. The highest BCUT2D eigenvalue weighted by atomic mass is 32.2. The summed E-state index contributed by atoms with van der Waals surface area (Å²) >= 11 is 0. The van der Waals surface area contributed by atoms with Crippen LogP contribution in [0.15, 0.2) is 52.2 Å². The average molecular weight is 542 g/mol. The van der Waals surface area contributed by atoms with Gasteiger partial charge in [-0.2, -0.15) is 0 Å². The lowest BCUT2D eigenvalue weighted by atomic mass is 9.84. The summed E-state index contributed by atoms with van der Waals surface area (Å²) < 4.78 is 39.0. The van der Waals surface area contributed by atoms with E-state index in [0.717, 1.165) is 28.5 Å². The van der Waals surface area contributed by atoms with Crippen LogP contribution >= 0.6 is 0 Å². The molecule has 0 bridgehead atoms. The Morgan fingerprint density at radius 3 is 2.32 bits per heavy atom. The Hall–Kier alpha value is -3.63. The summed E-state index contributed by atoms with van der Waals surface area (Å²) in [5, 5.41) is 0. The standard InChI is InChI=1S/C28H35N3O6S/c1-18(2)37-17-21-14-22(30-38(7,34)35)11-10-19(21)8-9-20-15-23(31-13-12-25(32)29-27(31)33)16-24(26(20)36-6)28(3,4)5/h8-16,18,30H,17H2,1-7H3,(H,29,32,33)/b9-8+. The number of nitrogens with zero attached hydrogens (tertiary/aromatic N) is 1. The van der Waals surface area contributed by atoms with E-state index in [1.54, 1.807) is 19.2 Å². The number of methoxy groups -OCH3 is 1. The van der Waals surface area contributed by atoms with Gasteiger partial charge in [0.2, 0.25) is 10.0 Å². The van der Waals surface area contributed by atoms with Gasteiger partial charge < -0.3 is 9.47 Å². The minimum absolute atomic E-state index is 0.0138. The molecule has 2 aromatic carbocycles. The summed E-state index contributed by atoms with van der Waals surface area (Å²) in [4.78, 5) is 26.4. The van der Waals surface area contributed by atoms with Gasteiger partial charge in [0.25, 0.3) is 5.56 Å². The first kappa shape index (κ1) is 28.9. The third-order valence-corrected chi connectivity index (χ3v) is 6.28. The van der Waals surface area contributed by atoms with E-state index in [1.165, 1.54) is 16.8 Å². The lowest BCUT2D eigenvalue weighted by molar-refractivity contribution is 0.0656. The van der Waals surface area contributed by atoms with Gasteiger partial charge in [0.15, 0.2) is 0 Å². The molecule has 0 radical (unpaired) electrons. The minimum Gasteiger partial charge on any atom is -0.496 e. The van der Waals surface area contributed by atoms with E-state index in [4.69, 9.17) is 9.47 Å². The first-order valence-electron chi connectivity index (χ1n) is 12.1. The molecule has 0 spiro atoms. The normalized spacial score (nSPS) is 12.3. The van der Waals surface area contributed by atoms with Crippen molar-refractivity contribution >= 4 is 27.9 Å². The van der Waals surface area contributed by atoms with Crippen LogP contribution in [0.25, 0.3) is 17.8 Å². The topological polar surface area (TPSA) is 119 Å². The van der Waals surface area contributed by atoms with Crippen LogP contribution in [0.2, 0.25) is 0 Å². The smallest absolute Gasteiger partial charge is 0.332 e. The second kappa shape index (κ2) is 11.4. The monoisotopic (exact) mass is 541 g/mol. The third-order valence-electron chi connectivity index (χ3n) is 5.68. The largest absolute Gasteiger partial charge is 0.496 e. The summed E-state index contributed by atoms with van der Waals surface area (Å²) in [7, 11) is -1.84. The van der Waals surface area contributed by atoms with Gasteiger partial charge in [-0.3, -0.25) is 19.1 Å². The summed E-state index contributed by atoms with van der Waals surface area (Å²) in [6, 6.07) is 10.2. The van der Waals surface area contributed by atoms with Gasteiger partial charge >= 0.3 is 5.69 Å². The van der Waals surface area contributed by atoms with Gasteiger partial charge in [0.05, 0.1) is 31.8 Å². The van der Waals surface area contributed by atoms with Crippen LogP contribution in [0.4, 0.5) is 5.69 Å². The van der Waals surface area contributed by atoms with E-state index in [0.29, 0.717) is 17.1 Å². The molecule has 1 aromatic heterocycles. The number of anilines is 1. The van der Waals surface area contributed by atoms with E-state index in [-0.39, 0.29) is 18.1 Å². The maximum atomic E-state index is 12.5. The van der Waals surface area contributed by atoms with E-state index >= 15 is 0 Å². The molecular formula is C28H35N3O6S. The Bertz CT molecular complexity index is 1560. The number of aromatic amines is 1. The Morgan fingerprint density at radius 2 is 1.74 bits per heavy atom. The van der Waals surface area contributed by atoms with Crippen molar-refractivity contribution in [1.29, 1.82) is 0 Å². The SMILES string of the molecule is COc1c(/C=C/c2ccc(NS(C)(=O)=O)cc2COC(C)C)cc(-n2ccc(=O)[nH]c2=O)cc1C(C)(C)C. The van der Waals surface area contributed by atoms with Gasteiger partial charge in [0.1, 0.15) is 5.75 Å². The highest BCUT2D eigenvalue weighted by Crippen LogP contribution is 2.37. The molecule has 0 amide bonds. The number of hydrogen-bond acceptors (Lipinski definition) is 6. The van der Waals surface area contributed by atoms with Crippen molar-refractivity contribution in [1.82, 2.24) is 9.55 Å². The Morgan fingerprint density at radius 1 is 1.05 bits per heavy atom. The van der Waals surface area contributed by atoms with Crippen LogP contribution in [0.5, 0.6) is 5.75 Å². The zero-order valence-corrected chi connectivity index (χ0v) is 23.6. The van der Waals surface area contributed by atoms with Crippen molar-refractivity contribution in [3.8, 4) is 11.4 Å². The first-order valence-corrected chi connectivity index (χ1v) is 14.0. The minimum atomic E-state index is -3.43. The Labute approximate surface area is 223 Å². The molecule has 2 N–H and O–H groups in total. The van der Waals surface area contributed by atoms with Crippen molar-refractivity contribution in [2.45, 2.75) is 52.7 Å². The predicted molar refractivity (Wildman–Crippen MR) is 152 cm³/mol. The van der Waals surface area contributed by atoms with E-state index in [9.17, 15) is 18.0 Å². The molecule has 3 aromatic rings. The molecule has 0 unspecified atom stereocenters. The second-order valence-electron chi connectivity index (χ2n) is 10.3. The van der Waals surface area contributed by atoms with Gasteiger partial charge in [0, 0.05) is 29.1 Å². The zero-order valence-electron chi connectivity index (χ0n) is 22.8. The number of benzene rings is 2. The molecule has 0 saturated carbocycles. The predicted octanol–water partition coefficient (Wildman–Crippen LogP) is 4.30. The lowest BCUT2D eigenvalue weighted by Gasteiger charge is -2.25. The van der Waals surface area contributed by atoms with E-state index in [1.807, 2.05) is 65.0 Å². The summed E-state index contributed by atoms with van der Waals surface area (Å²) in [5.74, 6) is 0.658. The van der Waals surface area contributed by atoms with Crippen molar-refractivity contribution < 1.29 is 17.9 Å². The number of sulfonamides is 1. The summed E-state index contributed by atoms with van der Waals surface area (Å²) in [5.41, 5.74) is 2.92. The summed E-state index contributed by atoms with van der Waals surface area (Å²) in [6.45, 7) is 10.3. The van der Waals surface area contributed by atoms with Crippen molar-refractivity contribution in [2.75, 3.05) is 18.1 Å². The fourth-order valence-electron chi connectivity index (χ4n) is 3.91. The molecule has 204 valence electrons. The zero-order chi connectivity index (χ0) is 28.3. The van der Waals surface area contributed by atoms with Gasteiger partial charge in [-0.15, -0.1) is 0 Å². The van der Waals surface area contributed by atoms with E-state index in [2.05, 4.69) is 9.71 Å². The summed E-state index contributed by atoms with van der Waals surface area (Å²) in [6.07, 6.45) is 6.31. The highest BCUT2D eigenvalue weighted by Gasteiger charge is 2.22. The maximum absolute atomic E-state index is 12.5. The van der Waals surface area contributed by atoms with Crippen molar-refractivity contribution in [3.63, 3.8) is 0 Å². The quantitative estimate of drug-likeness (QED) is 0.390. The third kappa shape index (κ3) is 7.45. The van der Waals surface area contributed by atoms with Crippen LogP contribution in [-0.2, 0) is 26.8 Å². The maximum Gasteiger partial charge on any atom is 0.332 e. The Kier molecular flexibility index (Phi) is 8.68. The van der Waals surface area contributed by atoms with Crippen LogP contribution in [0.1, 0.15) is 56.9 Å². The number of H-pyrrole nitrogens is 1. The molecular weight excluding hydrogens is 506 g/mol. The van der Waals surface area contributed by atoms with Crippen molar-refractivity contribution in [2.24, 2.45) is 0 Å². The molecule has 0 aliphatic heterocycles. The van der Waals surface area contributed by atoms with E-state index < -0.39 is 21.3 Å². The number of hydrogen-bond donors (Lipinski definition) is 2. The molecule has 3 rings (SSSR count). The number of aromatic nitrogens is 2. The Balaban J connectivity index is 2.17. The molecule has 9 nitrogen and oxygen atoms in total. The number of nitrogens with one attached hydrogen (secondary N) is 2. The van der Waals surface area contributed by atoms with Gasteiger partial charge in [-0.1, -0.05) is 39.0 Å². The van der Waals surface area contributed by atoms with Crippen LogP contribution in [-0.4, -0.2) is 37.4 Å². The van der Waals surface area contributed by atoms with Crippen LogP contribution < -0.4 is 20.7 Å². The average Bonchev–Trinajstić information content (AvgIpc) is 2.79. The second-order valence-corrected chi connectivity index (χ2v) is 12.1. The lowest BCUT2D eigenvalue weighted by Crippen LogP contribution is -2.28. The van der Waals surface area contributed by atoms with Crippen LogP contribution in [0.3, 0.4) is 0 Å². The molecule has 0 fully saturated rings. The molecule has 0 atom stereocenters. The molecule has 10 heteroatoms. The first-order chi connectivity index (χ1) is 17.7.